The Labute approximate surface area is 157 Å². The lowest BCUT2D eigenvalue weighted by molar-refractivity contribution is -0.384. The normalized spacial score (nSPS) is 10.0. The van der Waals surface area contributed by atoms with Gasteiger partial charge in [0.25, 0.3) is 11.6 Å². The van der Waals surface area contributed by atoms with Crippen molar-refractivity contribution in [2.24, 2.45) is 0 Å². The minimum atomic E-state index is -0.633. The van der Waals surface area contributed by atoms with Crippen LogP contribution < -0.4 is 15.6 Å². The van der Waals surface area contributed by atoms with Crippen LogP contribution in [-0.4, -0.2) is 23.3 Å². The number of ether oxygens (including phenoxy) is 1. The van der Waals surface area contributed by atoms with Crippen molar-refractivity contribution in [2.75, 3.05) is 6.61 Å². The van der Waals surface area contributed by atoms with Crippen LogP contribution >= 0.6 is 15.9 Å². The average Bonchev–Trinajstić information content (AvgIpc) is 2.64. The number of nitrogens with one attached hydrogen (secondary N) is 2. The fourth-order valence-electron chi connectivity index (χ4n) is 2.00. The highest BCUT2D eigenvalue weighted by Crippen LogP contribution is 2.23. The summed E-state index contributed by atoms with van der Waals surface area (Å²) in [5, 5.41) is 10.7. The molecule has 0 unspecified atom stereocenters. The lowest BCUT2D eigenvalue weighted by Crippen LogP contribution is -2.41. The number of hydrogen-bond acceptors (Lipinski definition) is 5. The molecule has 0 spiro atoms. The molecular formula is C17H16BrN3O5. The molecule has 136 valence electrons. The van der Waals surface area contributed by atoms with Crippen LogP contribution in [0.2, 0.25) is 0 Å². The van der Waals surface area contributed by atoms with Crippen molar-refractivity contribution in [1.29, 1.82) is 0 Å². The summed E-state index contributed by atoms with van der Waals surface area (Å²) in [5.74, 6) is -0.335. The van der Waals surface area contributed by atoms with E-state index in [1.165, 1.54) is 18.2 Å². The molecule has 2 N–H and O–H groups in total. The van der Waals surface area contributed by atoms with E-state index in [0.29, 0.717) is 18.8 Å². The summed E-state index contributed by atoms with van der Waals surface area (Å²) in [7, 11) is 0. The molecule has 0 saturated heterocycles. The Morgan fingerprint density at radius 3 is 2.62 bits per heavy atom. The molecule has 0 aromatic heterocycles. The number of nitro groups is 1. The Bertz CT molecular complexity index is 812. The van der Waals surface area contributed by atoms with Crippen LogP contribution in [0.1, 0.15) is 23.2 Å². The van der Waals surface area contributed by atoms with Gasteiger partial charge in [-0.25, -0.2) is 0 Å². The Balaban J connectivity index is 1.71. The maximum Gasteiger partial charge on any atom is 0.270 e. The molecule has 2 aromatic carbocycles. The first kappa shape index (κ1) is 19.4. The summed E-state index contributed by atoms with van der Waals surface area (Å²) < 4.78 is 6.37. The number of benzene rings is 2. The number of hydrazine groups is 1. The summed E-state index contributed by atoms with van der Waals surface area (Å²) in [6.07, 6.45) is 0.611. The molecule has 0 atom stereocenters. The third-order valence-electron chi connectivity index (χ3n) is 3.28. The lowest BCUT2D eigenvalue weighted by Gasteiger charge is -2.09. The second-order valence-electron chi connectivity index (χ2n) is 5.19. The zero-order valence-corrected chi connectivity index (χ0v) is 15.2. The SMILES string of the molecule is O=C(CCCOc1ccccc1Br)NNC(=O)c1cccc([N+](=O)[O-])c1. The van der Waals surface area contributed by atoms with Gasteiger partial charge >= 0.3 is 0 Å². The lowest BCUT2D eigenvalue weighted by atomic mass is 10.2. The number of hydrogen-bond donors (Lipinski definition) is 2. The van der Waals surface area contributed by atoms with Gasteiger partial charge in [0.05, 0.1) is 16.0 Å². The number of non-ortho nitro benzene ring substituents is 1. The highest BCUT2D eigenvalue weighted by molar-refractivity contribution is 9.10. The topological polar surface area (TPSA) is 111 Å². The Hall–Kier alpha value is -2.94. The smallest absolute Gasteiger partial charge is 0.270 e. The number of carbonyl (C=O) groups is 2. The van der Waals surface area contributed by atoms with Crippen molar-refractivity contribution >= 4 is 33.4 Å². The second-order valence-corrected chi connectivity index (χ2v) is 6.05. The first-order valence-corrected chi connectivity index (χ1v) is 8.47. The van der Waals surface area contributed by atoms with Crippen LogP contribution in [0.15, 0.2) is 53.0 Å². The third-order valence-corrected chi connectivity index (χ3v) is 3.93. The van der Waals surface area contributed by atoms with Crippen molar-refractivity contribution in [3.63, 3.8) is 0 Å². The van der Waals surface area contributed by atoms with Crippen molar-refractivity contribution in [3.8, 4) is 5.75 Å². The molecule has 0 saturated carbocycles. The minimum absolute atomic E-state index is 0.0803. The first-order chi connectivity index (χ1) is 12.5. The number of nitro benzene ring substituents is 1. The molecule has 0 radical (unpaired) electrons. The minimum Gasteiger partial charge on any atom is -0.492 e. The summed E-state index contributed by atoms with van der Waals surface area (Å²) >= 11 is 3.36. The summed E-state index contributed by atoms with van der Waals surface area (Å²) in [5.41, 5.74) is 4.37. The molecule has 0 fully saturated rings. The van der Waals surface area contributed by atoms with E-state index in [1.54, 1.807) is 0 Å². The van der Waals surface area contributed by atoms with Crippen LogP contribution in [0.3, 0.4) is 0 Å². The maximum absolute atomic E-state index is 11.9. The summed E-state index contributed by atoms with van der Waals surface area (Å²) in [4.78, 5) is 33.7. The van der Waals surface area contributed by atoms with E-state index in [2.05, 4.69) is 26.8 Å². The van der Waals surface area contributed by atoms with Crippen LogP contribution in [0.4, 0.5) is 5.69 Å². The number of carbonyl (C=O) groups excluding carboxylic acids is 2. The molecule has 0 heterocycles. The highest BCUT2D eigenvalue weighted by atomic mass is 79.9. The van der Waals surface area contributed by atoms with E-state index in [1.807, 2.05) is 24.3 Å². The van der Waals surface area contributed by atoms with Gasteiger partial charge in [0.15, 0.2) is 0 Å². The van der Waals surface area contributed by atoms with Gasteiger partial charge in [-0.15, -0.1) is 0 Å². The molecular weight excluding hydrogens is 406 g/mol. The summed E-state index contributed by atoms with van der Waals surface area (Å²) in [6.45, 7) is 0.342. The Morgan fingerprint density at radius 1 is 1.12 bits per heavy atom. The fourth-order valence-corrected chi connectivity index (χ4v) is 2.40. The molecule has 2 amide bonds. The molecule has 0 aliphatic heterocycles. The number of halogens is 1. The largest absolute Gasteiger partial charge is 0.492 e. The van der Waals surface area contributed by atoms with Crippen LogP contribution in [0, 0.1) is 10.1 Å². The summed E-state index contributed by atoms with van der Waals surface area (Å²) in [6, 6.07) is 12.6. The van der Waals surface area contributed by atoms with Gasteiger partial charge in [0.2, 0.25) is 5.91 Å². The zero-order valence-electron chi connectivity index (χ0n) is 13.6. The van der Waals surface area contributed by atoms with Crippen molar-refractivity contribution in [1.82, 2.24) is 10.9 Å². The Kier molecular flexibility index (Phi) is 7.10. The molecule has 9 heteroatoms. The Morgan fingerprint density at radius 2 is 1.88 bits per heavy atom. The second kappa shape index (κ2) is 9.52. The molecule has 26 heavy (non-hydrogen) atoms. The highest BCUT2D eigenvalue weighted by Gasteiger charge is 2.12. The van der Waals surface area contributed by atoms with E-state index < -0.39 is 10.8 Å². The molecule has 0 aliphatic carbocycles. The molecule has 0 bridgehead atoms. The third kappa shape index (κ3) is 5.85. The molecule has 2 rings (SSSR count). The van der Waals surface area contributed by atoms with Crippen LogP contribution in [0.25, 0.3) is 0 Å². The van der Waals surface area contributed by atoms with Crippen LogP contribution in [0.5, 0.6) is 5.75 Å². The van der Waals surface area contributed by atoms with E-state index >= 15 is 0 Å². The van der Waals surface area contributed by atoms with Crippen LogP contribution in [-0.2, 0) is 4.79 Å². The zero-order chi connectivity index (χ0) is 18.9. The number of nitrogens with zero attached hydrogens (tertiary/aromatic N) is 1. The van der Waals surface area contributed by atoms with Gasteiger partial charge in [0.1, 0.15) is 5.75 Å². The standard InChI is InChI=1S/C17H16BrN3O5/c18-14-7-1-2-8-15(14)26-10-4-9-16(22)19-20-17(23)12-5-3-6-13(11-12)21(24)25/h1-3,5-8,11H,4,9-10H2,(H,19,22)(H,20,23). The monoisotopic (exact) mass is 421 g/mol. The molecule has 8 nitrogen and oxygen atoms in total. The van der Waals surface area contributed by atoms with Gasteiger partial charge in [-0.1, -0.05) is 18.2 Å². The van der Waals surface area contributed by atoms with Crippen molar-refractivity contribution in [2.45, 2.75) is 12.8 Å². The molecule has 0 aliphatic rings. The van der Waals surface area contributed by atoms with Gasteiger partial charge in [-0.05, 0) is 40.5 Å². The number of rotatable bonds is 7. The van der Waals surface area contributed by atoms with E-state index in [4.69, 9.17) is 4.74 Å². The predicted octanol–water partition coefficient (Wildman–Crippen LogP) is 2.98. The van der Waals surface area contributed by atoms with Crippen molar-refractivity contribution < 1.29 is 19.2 Å². The van der Waals surface area contributed by atoms with Crippen molar-refractivity contribution in [3.05, 3.63) is 68.7 Å². The van der Waals surface area contributed by atoms with E-state index in [-0.39, 0.29) is 23.6 Å². The number of amides is 2. The molecule has 2 aromatic rings. The van der Waals surface area contributed by atoms with E-state index in [9.17, 15) is 19.7 Å². The van der Waals surface area contributed by atoms with E-state index in [0.717, 1.165) is 10.5 Å². The fraction of sp³-hybridized carbons (Fsp3) is 0.176. The van der Waals surface area contributed by atoms with Gasteiger partial charge < -0.3 is 4.74 Å². The average molecular weight is 422 g/mol. The number of para-hydroxylation sites is 1. The predicted molar refractivity (Wildman–Crippen MR) is 97.6 cm³/mol. The van der Waals surface area contributed by atoms with Gasteiger partial charge in [-0.2, -0.15) is 0 Å². The maximum atomic E-state index is 11.9. The van der Waals surface area contributed by atoms with Gasteiger partial charge in [-0.3, -0.25) is 30.6 Å². The quantitative estimate of drug-likeness (QED) is 0.405. The van der Waals surface area contributed by atoms with Gasteiger partial charge in [0, 0.05) is 24.1 Å². The first-order valence-electron chi connectivity index (χ1n) is 7.68.